The number of Topliss-reactive ketones (excluding diaryl/α,β-unsaturated/α-hetero) is 1. The zero-order chi connectivity index (χ0) is 10.8. The molecule has 14 heavy (non-hydrogen) atoms. The van der Waals surface area contributed by atoms with Crippen LogP contribution in [0.25, 0.3) is 0 Å². The molecule has 0 aliphatic carbocycles. The van der Waals surface area contributed by atoms with Crippen LogP contribution in [0, 0.1) is 0 Å². The molecule has 1 fully saturated rings. The predicted molar refractivity (Wildman–Crippen MR) is 50.8 cm³/mol. The first-order chi connectivity index (χ1) is 6.48. The fourth-order valence-electron chi connectivity index (χ4n) is 1.59. The number of carbonyl (C=O) groups is 1. The van der Waals surface area contributed by atoms with Gasteiger partial charge in [0.2, 0.25) is 0 Å². The largest absolute Gasteiger partial charge is 0.328 e. The standard InChI is InChI=1S/C10H18O4/c1-5-12-10(13-6-2)7-9(4,14-10)8(3)11/h5-7H2,1-4H3. The minimum atomic E-state index is -0.982. The topological polar surface area (TPSA) is 44.8 Å². The number of carbonyl (C=O) groups excluding carboxylic acids is 1. The molecular formula is C10H18O4. The van der Waals surface area contributed by atoms with Gasteiger partial charge in [-0.15, -0.1) is 0 Å². The van der Waals surface area contributed by atoms with Crippen molar-refractivity contribution in [1.82, 2.24) is 0 Å². The first kappa shape index (κ1) is 11.6. The van der Waals surface area contributed by atoms with Gasteiger partial charge in [0.25, 0.3) is 5.97 Å². The van der Waals surface area contributed by atoms with Crippen LogP contribution in [0.4, 0.5) is 0 Å². The predicted octanol–water partition coefficient (Wildman–Crippen LogP) is 1.48. The summed E-state index contributed by atoms with van der Waals surface area (Å²) in [6.07, 6.45) is 0.469. The van der Waals surface area contributed by atoms with E-state index in [0.717, 1.165) is 0 Å². The molecule has 0 aromatic carbocycles. The third-order valence-electron chi connectivity index (χ3n) is 2.41. The van der Waals surface area contributed by atoms with Crippen LogP contribution >= 0.6 is 0 Å². The minimum absolute atomic E-state index is 0.00697. The van der Waals surface area contributed by atoms with Gasteiger partial charge in [-0.3, -0.25) is 4.79 Å². The molecule has 1 aliphatic rings. The van der Waals surface area contributed by atoms with E-state index in [1.165, 1.54) is 6.92 Å². The van der Waals surface area contributed by atoms with E-state index in [1.54, 1.807) is 6.92 Å². The molecule has 4 heteroatoms. The third kappa shape index (κ3) is 1.97. The highest BCUT2D eigenvalue weighted by Gasteiger charge is 2.58. The first-order valence-corrected chi connectivity index (χ1v) is 4.97. The van der Waals surface area contributed by atoms with E-state index >= 15 is 0 Å². The number of hydrogen-bond acceptors (Lipinski definition) is 4. The highest BCUT2D eigenvalue weighted by Crippen LogP contribution is 2.43. The Kier molecular flexibility index (Phi) is 3.29. The molecule has 0 radical (unpaired) electrons. The second-order valence-corrected chi connectivity index (χ2v) is 3.61. The van der Waals surface area contributed by atoms with Crippen molar-refractivity contribution >= 4 is 5.78 Å². The van der Waals surface area contributed by atoms with Crippen molar-refractivity contribution in [2.75, 3.05) is 13.2 Å². The summed E-state index contributed by atoms with van der Waals surface area (Å²) >= 11 is 0. The zero-order valence-corrected chi connectivity index (χ0v) is 9.25. The molecule has 0 amide bonds. The SMILES string of the molecule is CCOC1(OCC)CC(C)(C(C)=O)O1. The van der Waals surface area contributed by atoms with Gasteiger partial charge in [0.1, 0.15) is 5.60 Å². The molecule has 0 spiro atoms. The van der Waals surface area contributed by atoms with Crippen molar-refractivity contribution in [1.29, 1.82) is 0 Å². The highest BCUT2D eigenvalue weighted by atomic mass is 16.9. The van der Waals surface area contributed by atoms with Gasteiger partial charge in [0, 0.05) is 13.2 Å². The number of ether oxygens (including phenoxy) is 3. The summed E-state index contributed by atoms with van der Waals surface area (Å²) in [5.74, 6) is -0.975. The van der Waals surface area contributed by atoms with Crippen molar-refractivity contribution in [3.63, 3.8) is 0 Å². The van der Waals surface area contributed by atoms with Crippen LogP contribution in [0.3, 0.4) is 0 Å². The molecule has 0 N–H and O–H groups in total. The van der Waals surface area contributed by atoms with Crippen molar-refractivity contribution in [3.8, 4) is 0 Å². The molecule has 1 unspecified atom stereocenters. The van der Waals surface area contributed by atoms with Crippen LogP contribution < -0.4 is 0 Å². The Bertz CT molecular complexity index is 210. The minimum Gasteiger partial charge on any atom is -0.328 e. The summed E-state index contributed by atoms with van der Waals surface area (Å²) < 4.78 is 16.2. The summed E-state index contributed by atoms with van der Waals surface area (Å²) in [6.45, 7) is 8.02. The summed E-state index contributed by atoms with van der Waals surface area (Å²) in [5.41, 5.74) is -0.732. The normalized spacial score (nSPS) is 29.7. The number of ketones is 1. The van der Waals surface area contributed by atoms with Gasteiger partial charge in [-0.05, 0) is 27.7 Å². The van der Waals surface area contributed by atoms with Gasteiger partial charge >= 0.3 is 0 Å². The molecule has 1 rings (SSSR count). The number of rotatable bonds is 5. The Balaban J connectivity index is 2.58. The Morgan fingerprint density at radius 1 is 1.36 bits per heavy atom. The van der Waals surface area contributed by atoms with E-state index in [1.807, 2.05) is 13.8 Å². The second kappa shape index (κ2) is 3.96. The Labute approximate surface area is 84.5 Å². The van der Waals surface area contributed by atoms with Crippen LogP contribution in [0.2, 0.25) is 0 Å². The number of hydrogen-bond donors (Lipinski definition) is 0. The lowest BCUT2D eigenvalue weighted by Gasteiger charge is -2.51. The summed E-state index contributed by atoms with van der Waals surface area (Å²) in [6, 6.07) is 0. The summed E-state index contributed by atoms with van der Waals surface area (Å²) in [5, 5.41) is 0. The molecule has 0 saturated carbocycles. The van der Waals surface area contributed by atoms with Gasteiger partial charge in [0.15, 0.2) is 5.78 Å². The smallest absolute Gasteiger partial charge is 0.287 e. The van der Waals surface area contributed by atoms with Crippen LogP contribution in [0.15, 0.2) is 0 Å². The average molecular weight is 202 g/mol. The molecule has 4 nitrogen and oxygen atoms in total. The van der Waals surface area contributed by atoms with Crippen LogP contribution in [0.1, 0.15) is 34.1 Å². The maximum atomic E-state index is 11.2. The van der Waals surface area contributed by atoms with E-state index < -0.39 is 11.6 Å². The van der Waals surface area contributed by atoms with E-state index in [0.29, 0.717) is 19.6 Å². The molecular weight excluding hydrogens is 184 g/mol. The fourth-order valence-corrected chi connectivity index (χ4v) is 1.59. The Morgan fingerprint density at radius 2 is 1.79 bits per heavy atom. The van der Waals surface area contributed by atoms with Crippen molar-refractivity contribution in [3.05, 3.63) is 0 Å². The lowest BCUT2D eigenvalue weighted by molar-refractivity contribution is -0.473. The Morgan fingerprint density at radius 3 is 2.07 bits per heavy atom. The van der Waals surface area contributed by atoms with E-state index in [9.17, 15) is 4.79 Å². The molecule has 1 heterocycles. The highest BCUT2D eigenvalue weighted by molar-refractivity contribution is 5.85. The quantitative estimate of drug-likeness (QED) is 0.633. The maximum Gasteiger partial charge on any atom is 0.287 e. The first-order valence-electron chi connectivity index (χ1n) is 4.97. The van der Waals surface area contributed by atoms with Crippen molar-refractivity contribution < 1.29 is 19.0 Å². The molecule has 82 valence electrons. The van der Waals surface area contributed by atoms with Crippen LogP contribution in [0.5, 0.6) is 0 Å². The molecule has 1 saturated heterocycles. The molecule has 0 aromatic rings. The van der Waals surface area contributed by atoms with Gasteiger partial charge in [-0.25, -0.2) is 0 Å². The van der Waals surface area contributed by atoms with Crippen LogP contribution in [-0.2, 0) is 19.0 Å². The van der Waals surface area contributed by atoms with Gasteiger partial charge in [0.05, 0.1) is 6.42 Å². The maximum absolute atomic E-state index is 11.2. The van der Waals surface area contributed by atoms with Gasteiger partial charge < -0.3 is 14.2 Å². The zero-order valence-electron chi connectivity index (χ0n) is 9.25. The third-order valence-corrected chi connectivity index (χ3v) is 2.41. The summed E-state index contributed by atoms with van der Waals surface area (Å²) in [4.78, 5) is 11.2. The average Bonchev–Trinajstić information content (AvgIpc) is 2.02. The van der Waals surface area contributed by atoms with Gasteiger partial charge in [-0.2, -0.15) is 0 Å². The van der Waals surface area contributed by atoms with E-state index in [-0.39, 0.29) is 5.78 Å². The lowest BCUT2D eigenvalue weighted by Crippen LogP contribution is -2.64. The second-order valence-electron chi connectivity index (χ2n) is 3.61. The Hall–Kier alpha value is -0.450. The van der Waals surface area contributed by atoms with Crippen molar-refractivity contribution in [2.45, 2.75) is 45.7 Å². The summed E-state index contributed by atoms with van der Waals surface area (Å²) in [7, 11) is 0. The molecule has 0 aromatic heterocycles. The van der Waals surface area contributed by atoms with E-state index in [2.05, 4.69) is 0 Å². The molecule has 1 aliphatic heterocycles. The van der Waals surface area contributed by atoms with Crippen LogP contribution in [-0.4, -0.2) is 30.6 Å². The molecule has 0 bridgehead atoms. The molecule has 1 atom stereocenters. The van der Waals surface area contributed by atoms with Crippen molar-refractivity contribution in [2.24, 2.45) is 0 Å². The van der Waals surface area contributed by atoms with E-state index in [4.69, 9.17) is 14.2 Å². The fraction of sp³-hybridized carbons (Fsp3) is 0.900. The van der Waals surface area contributed by atoms with Gasteiger partial charge in [-0.1, -0.05) is 0 Å². The monoisotopic (exact) mass is 202 g/mol. The lowest BCUT2D eigenvalue weighted by atomic mass is 9.90.